The molecule has 19 nitrogen and oxygen atoms in total. The van der Waals surface area contributed by atoms with E-state index in [1.165, 1.54) is 26.0 Å². The number of aliphatic hydroxyl groups excluding tert-OH is 8. The summed E-state index contributed by atoms with van der Waals surface area (Å²) in [4.78, 5) is 14.0. The van der Waals surface area contributed by atoms with Crippen LogP contribution in [-0.2, 0) is 18.9 Å². The number of phenolic OH excluding ortho intramolecular Hbond substituents is 3. The third-order valence-electron chi connectivity index (χ3n) is 8.95. The Balaban J connectivity index is 1.39. The Labute approximate surface area is 287 Å². The molecule has 0 bridgehead atoms. The van der Waals surface area contributed by atoms with E-state index in [0.717, 1.165) is 18.2 Å². The maximum Gasteiger partial charge on any atom is 0.239 e. The van der Waals surface area contributed by atoms with Gasteiger partial charge < -0.3 is 89.0 Å². The lowest BCUT2D eigenvalue weighted by atomic mass is 9.99. The van der Waals surface area contributed by atoms with E-state index in [9.17, 15) is 61.0 Å². The van der Waals surface area contributed by atoms with Crippen LogP contribution in [-0.4, -0.2) is 149 Å². The minimum atomic E-state index is -1.83. The predicted molar refractivity (Wildman–Crippen MR) is 166 cm³/mol. The van der Waals surface area contributed by atoms with Crippen molar-refractivity contribution in [3.8, 4) is 40.1 Å². The van der Waals surface area contributed by atoms with Crippen molar-refractivity contribution in [2.45, 2.75) is 99.9 Å². The summed E-state index contributed by atoms with van der Waals surface area (Å²) in [5.41, 5.74) is -1.44. The fourth-order valence-corrected chi connectivity index (χ4v) is 5.97. The Morgan fingerprint density at radius 2 is 1.33 bits per heavy atom. The van der Waals surface area contributed by atoms with Gasteiger partial charge in [0.25, 0.3) is 0 Å². The van der Waals surface area contributed by atoms with E-state index in [0.29, 0.717) is 0 Å². The average Bonchev–Trinajstić information content (AvgIpc) is 3.08. The zero-order valence-electron chi connectivity index (χ0n) is 26.9. The molecule has 1 aromatic heterocycles. The van der Waals surface area contributed by atoms with E-state index in [4.69, 9.17) is 32.8 Å². The summed E-state index contributed by atoms with van der Waals surface area (Å²) in [5.74, 6) is -3.17. The molecule has 11 N–H and O–H groups in total. The zero-order chi connectivity index (χ0) is 37.0. The molecule has 3 aromatic rings. The molecular formula is C32H38O19. The third-order valence-corrected chi connectivity index (χ3v) is 8.95. The van der Waals surface area contributed by atoms with E-state index in [1.54, 1.807) is 0 Å². The van der Waals surface area contributed by atoms with Gasteiger partial charge in [-0.2, -0.15) is 0 Å². The highest BCUT2D eigenvalue weighted by molar-refractivity contribution is 5.88. The van der Waals surface area contributed by atoms with Gasteiger partial charge in [0.05, 0.1) is 18.8 Å². The molecule has 4 heterocycles. The first kappa shape index (κ1) is 36.9. The van der Waals surface area contributed by atoms with Crippen molar-refractivity contribution in [1.29, 1.82) is 0 Å². The van der Waals surface area contributed by atoms with Crippen LogP contribution in [0.4, 0.5) is 0 Å². The van der Waals surface area contributed by atoms with Gasteiger partial charge >= 0.3 is 0 Å². The first-order chi connectivity index (χ1) is 24.1. The number of hydrogen-bond acceptors (Lipinski definition) is 19. The Hall–Kier alpha value is -3.83. The molecule has 6 rings (SSSR count). The first-order valence-electron chi connectivity index (χ1n) is 15.8. The van der Waals surface area contributed by atoms with Crippen molar-refractivity contribution in [1.82, 2.24) is 0 Å². The van der Waals surface area contributed by atoms with E-state index in [-0.39, 0.29) is 16.9 Å². The summed E-state index contributed by atoms with van der Waals surface area (Å²) in [6, 6.07) is 5.40. The summed E-state index contributed by atoms with van der Waals surface area (Å²) >= 11 is 0. The SMILES string of the molecule is C[C@@H]1O[C@@H](Oc2ccc(-c3oc4cc(O)cc(O)c4c(=O)c3O[C@@H]3O[C@@H](C)[C@H](O)[C@@H](O)[C@H]3O[C@@H]3OC[C@@H](O)[C@H](O)[C@H]3O)cc2O)[C@H](O)[C@H](O)[C@H]1O. The number of fused-ring (bicyclic) bond motifs is 1. The maximum absolute atomic E-state index is 14.0. The molecule has 0 amide bonds. The van der Waals surface area contributed by atoms with Gasteiger partial charge in [-0.05, 0) is 32.0 Å². The first-order valence-corrected chi connectivity index (χ1v) is 15.8. The van der Waals surface area contributed by atoms with Crippen LogP contribution in [0.15, 0.2) is 39.5 Å². The average molecular weight is 727 g/mol. The number of rotatable bonds is 7. The third kappa shape index (κ3) is 6.91. The second-order valence-corrected chi connectivity index (χ2v) is 12.6. The molecule has 3 saturated heterocycles. The number of aromatic hydroxyl groups is 3. The van der Waals surface area contributed by atoms with Crippen molar-refractivity contribution >= 4 is 11.0 Å². The molecule has 0 spiro atoms. The molecule has 3 fully saturated rings. The van der Waals surface area contributed by atoms with Crippen LogP contribution in [0.5, 0.6) is 28.7 Å². The minimum Gasteiger partial charge on any atom is -0.508 e. The standard InChI is InChI=1S/C32H38O19/c1-9-19(37)23(41)26(44)31(46-9)49-16-4-3-11(5-13(16)34)27-28(22(40)18-14(35)6-12(33)7-17(18)48-27)50-32-29(24(42)20(38)10(2)47-32)51-30-25(43)21(39)15(36)8-45-30/h3-7,9-10,15,19-21,23-26,29-39,41-44H,8H2,1-2H3/t9-,10-,15+,19-,20-,21-,23+,24+,25+,26+,29+,30-,31-,32-/m0/s1. The van der Waals surface area contributed by atoms with Crippen LogP contribution in [0.3, 0.4) is 0 Å². The van der Waals surface area contributed by atoms with Crippen molar-refractivity contribution in [2.75, 3.05) is 6.61 Å². The van der Waals surface area contributed by atoms with Gasteiger partial charge in [-0.1, -0.05) is 0 Å². The van der Waals surface area contributed by atoms with Gasteiger partial charge in [0.1, 0.15) is 71.3 Å². The predicted octanol–water partition coefficient (Wildman–Crippen LogP) is -2.55. The number of phenols is 3. The van der Waals surface area contributed by atoms with Gasteiger partial charge in [0.15, 0.2) is 29.7 Å². The summed E-state index contributed by atoms with van der Waals surface area (Å²) in [6.45, 7) is 2.33. The maximum atomic E-state index is 14.0. The van der Waals surface area contributed by atoms with Crippen LogP contribution in [0, 0.1) is 0 Å². The zero-order valence-corrected chi connectivity index (χ0v) is 26.9. The molecule has 3 aliphatic heterocycles. The lowest BCUT2D eigenvalue weighted by Gasteiger charge is -2.44. The molecule has 0 aliphatic carbocycles. The second kappa shape index (κ2) is 14.3. The highest BCUT2D eigenvalue weighted by Gasteiger charge is 2.49. The van der Waals surface area contributed by atoms with Gasteiger partial charge in [-0.25, -0.2) is 0 Å². The Morgan fingerprint density at radius 1 is 0.686 bits per heavy atom. The van der Waals surface area contributed by atoms with Crippen molar-refractivity contribution < 1.29 is 89.0 Å². The Morgan fingerprint density at radius 3 is 2.02 bits per heavy atom. The molecule has 280 valence electrons. The van der Waals surface area contributed by atoms with E-state index < -0.39 is 132 Å². The molecule has 0 saturated carbocycles. The molecule has 51 heavy (non-hydrogen) atoms. The smallest absolute Gasteiger partial charge is 0.239 e. The van der Waals surface area contributed by atoms with E-state index in [1.807, 2.05) is 0 Å². The molecule has 2 aromatic carbocycles. The molecule has 19 heteroatoms. The largest absolute Gasteiger partial charge is 0.508 e. The Kier molecular flexibility index (Phi) is 10.4. The summed E-state index contributed by atoms with van der Waals surface area (Å²) < 4.78 is 39.6. The van der Waals surface area contributed by atoms with Crippen LogP contribution in [0.25, 0.3) is 22.3 Å². The molecular weight excluding hydrogens is 688 g/mol. The fourth-order valence-electron chi connectivity index (χ4n) is 5.97. The summed E-state index contributed by atoms with van der Waals surface area (Å²) in [5, 5.41) is 114. The fraction of sp³-hybridized carbons (Fsp3) is 0.531. The van der Waals surface area contributed by atoms with Crippen molar-refractivity contribution in [3.05, 3.63) is 40.6 Å². The number of benzene rings is 2. The quantitative estimate of drug-likeness (QED) is 0.119. The highest BCUT2D eigenvalue weighted by atomic mass is 16.8. The van der Waals surface area contributed by atoms with Gasteiger partial charge in [-0.3, -0.25) is 4.79 Å². The van der Waals surface area contributed by atoms with E-state index in [2.05, 4.69) is 0 Å². The second-order valence-electron chi connectivity index (χ2n) is 12.6. The molecule has 14 atom stereocenters. The van der Waals surface area contributed by atoms with E-state index >= 15 is 0 Å². The molecule has 0 radical (unpaired) electrons. The van der Waals surface area contributed by atoms with Gasteiger partial charge in [0, 0.05) is 17.7 Å². The van der Waals surface area contributed by atoms with Crippen molar-refractivity contribution in [2.24, 2.45) is 0 Å². The van der Waals surface area contributed by atoms with Crippen LogP contribution >= 0.6 is 0 Å². The molecule has 0 unspecified atom stereocenters. The number of hydrogen-bond donors (Lipinski definition) is 11. The Bertz CT molecular complexity index is 1780. The molecule has 3 aliphatic rings. The minimum absolute atomic E-state index is 0.0734. The lowest BCUT2D eigenvalue weighted by Crippen LogP contribution is -2.62. The summed E-state index contributed by atoms with van der Waals surface area (Å²) in [6.07, 6.45) is -21.9. The van der Waals surface area contributed by atoms with Crippen LogP contribution < -0.4 is 14.9 Å². The summed E-state index contributed by atoms with van der Waals surface area (Å²) in [7, 11) is 0. The van der Waals surface area contributed by atoms with Crippen LogP contribution in [0.2, 0.25) is 0 Å². The topological polar surface area (TPSA) is 308 Å². The van der Waals surface area contributed by atoms with Crippen LogP contribution in [0.1, 0.15) is 13.8 Å². The number of ether oxygens (including phenoxy) is 6. The van der Waals surface area contributed by atoms with Gasteiger partial charge in [0.2, 0.25) is 23.8 Å². The van der Waals surface area contributed by atoms with Crippen molar-refractivity contribution in [3.63, 3.8) is 0 Å². The number of aliphatic hydroxyl groups is 8. The monoisotopic (exact) mass is 726 g/mol. The normalized spacial score (nSPS) is 37.3. The highest BCUT2D eigenvalue weighted by Crippen LogP contribution is 2.41. The lowest BCUT2D eigenvalue weighted by molar-refractivity contribution is -0.341. The van der Waals surface area contributed by atoms with Gasteiger partial charge in [-0.15, -0.1) is 0 Å².